The van der Waals surface area contributed by atoms with Gasteiger partial charge in [0.25, 0.3) is 0 Å². The highest BCUT2D eigenvalue weighted by Gasteiger charge is 2.33. The molecule has 16 heavy (non-hydrogen) atoms. The Hall–Kier alpha value is -0.120. The first-order valence-corrected chi connectivity index (χ1v) is 6.32. The second-order valence-electron chi connectivity index (χ2n) is 6.54. The number of hydrogen-bond acceptors (Lipinski definition) is 3. The van der Waals surface area contributed by atoms with Gasteiger partial charge in [0.1, 0.15) is 0 Å². The summed E-state index contributed by atoms with van der Waals surface area (Å²) in [6.45, 7) is 17.2. The van der Waals surface area contributed by atoms with E-state index in [0.717, 1.165) is 26.3 Å². The zero-order valence-electron chi connectivity index (χ0n) is 11.8. The molecule has 1 rings (SSSR count). The number of morpholine rings is 1. The fourth-order valence-electron chi connectivity index (χ4n) is 2.25. The van der Waals surface area contributed by atoms with Crippen LogP contribution in [-0.4, -0.2) is 48.3 Å². The molecule has 1 aliphatic heterocycles. The van der Waals surface area contributed by atoms with Gasteiger partial charge in [-0.1, -0.05) is 0 Å². The molecule has 0 spiro atoms. The van der Waals surface area contributed by atoms with Crippen LogP contribution >= 0.6 is 0 Å². The van der Waals surface area contributed by atoms with Gasteiger partial charge >= 0.3 is 0 Å². The molecule has 1 fully saturated rings. The summed E-state index contributed by atoms with van der Waals surface area (Å²) in [5.41, 5.74) is 0.363. The molecule has 0 bridgehead atoms. The molecule has 0 radical (unpaired) electrons. The van der Waals surface area contributed by atoms with Gasteiger partial charge in [0.15, 0.2) is 0 Å². The normalized spacial score (nSPS) is 24.4. The van der Waals surface area contributed by atoms with Crippen molar-refractivity contribution in [1.29, 1.82) is 0 Å². The van der Waals surface area contributed by atoms with Crippen LogP contribution in [0, 0.1) is 0 Å². The van der Waals surface area contributed by atoms with E-state index in [9.17, 15) is 0 Å². The van der Waals surface area contributed by atoms with Gasteiger partial charge in [-0.2, -0.15) is 0 Å². The SMILES string of the molecule is CC(CNC(C)(C)C)N1CCOCC1(C)C. The molecule has 3 heteroatoms. The van der Waals surface area contributed by atoms with Crippen molar-refractivity contribution in [3.8, 4) is 0 Å². The zero-order chi connectivity index (χ0) is 12.4. The molecule has 96 valence electrons. The van der Waals surface area contributed by atoms with Gasteiger partial charge in [0, 0.05) is 30.2 Å². The lowest BCUT2D eigenvalue weighted by Crippen LogP contribution is -2.59. The zero-order valence-corrected chi connectivity index (χ0v) is 11.8. The van der Waals surface area contributed by atoms with Gasteiger partial charge in [-0.15, -0.1) is 0 Å². The van der Waals surface area contributed by atoms with Crippen LogP contribution in [0.15, 0.2) is 0 Å². The third kappa shape index (κ3) is 4.04. The lowest BCUT2D eigenvalue weighted by atomic mass is 9.99. The highest BCUT2D eigenvalue weighted by Crippen LogP contribution is 2.21. The Morgan fingerprint density at radius 3 is 2.50 bits per heavy atom. The molecule has 0 aromatic rings. The van der Waals surface area contributed by atoms with Crippen LogP contribution in [0.5, 0.6) is 0 Å². The van der Waals surface area contributed by atoms with Crippen LogP contribution in [0.4, 0.5) is 0 Å². The van der Waals surface area contributed by atoms with Crippen LogP contribution in [0.25, 0.3) is 0 Å². The first-order valence-electron chi connectivity index (χ1n) is 6.32. The minimum atomic E-state index is 0.164. The van der Waals surface area contributed by atoms with Gasteiger partial charge in [-0.3, -0.25) is 4.90 Å². The average Bonchev–Trinajstić information content (AvgIpc) is 2.12. The van der Waals surface area contributed by atoms with Crippen molar-refractivity contribution < 1.29 is 4.74 Å². The topological polar surface area (TPSA) is 24.5 Å². The van der Waals surface area contributed by atoms with Crippen molar-refractivity contribution >= 4 is 0 Å². The molecule has 0 saturated carbocycles. The summed E-state index contributed by atoms with van der Waals surface area (Å²) >= 11 is 0. The summed E-state index contributed by atoms with van der Waals surface area (Å²) in [6.07, 6.45) is 0. The molecule has 0 aromatic carbocycles. The first-order chi connectivity index (χ1) is 7.22. The molecular formula is C13H28N2O. The largest absolute Gasteiger partial charge is 0.378 e. The Morgan fingerprint density at radius 2 is 2.00 bits per heavy atom. The van der Waals surface area contributed by atoms with E-state index in [1.807, 2.05) is 0 Å². The molecule has 1 heterocycles. The van der Waals surface area contributed by atoms with Gasteiger partial charge in [0.2, 0.25) is 0 Å². The minimum Gasteiger partial charge on any atom is -0.378 e. The van der Waals surface area contributed by atoms with E-state index >= 15 is 0 Å². The van der Waals surface area contributed by atoms with E-state index in [4.69, 9.17) is 4.74 Å². The lowest BCUT2D eigenvalue weighted by molar-refractivity contribution is -0.0688. The van der Waals surface area contributed by atoms with Gasteiger partial charge in [0.05, 0.1) is 13.2 Å². The summed E-state index contributed by atoms with van der Waals surface area (Å²) < 4.78 is 5.55. The van der Waals surface area contributed by atoms with Gasteiger partial charge < -0.3 is 10.1 Å². The van der Waals surface area contributed by atoms with Crippen LogP contribution in [-0.2, 0) is 4.74 Å². The predicted octanol–water partition coefficient (Wildman–Crippen LogP) is 1.87. The smallest absolute Gasteiger partial charge is 0.0645 e. The van der Waals surface area contributed by atoms with Gasteiger partial charge in [-0.05, 0) is 41.5 Å². The summed E-state index contributed by atoms with van der Waals surface area (Å²) in [4.78, 5) is 2.55. The third-order valence-electron chi connectivity index (χ3n) is 3.17. The highest BCUT2D eigenvalue weighted by atomic mass is 16.5. The standard InChI is InChI=1S/C13H28N2O/c1-11(9-14-12(2,3)4)15-7-8-16-10-13(15,5)6/h11,14H,7-10H2,1-6H3. The highest BCUT2D eigenvalue weighted by molar-refractivity contribution is 4.89. The van der Waals surface area contributed by atoms with Crippen LogP contribution in [0.2, 0.25) is 0 Å². The number of nitrogens with one attached hydrogen (secondary N) is 1. The quantitative estimate of drug-likeness (QED) is 0.798. The number of hydrogen-bond donors (Lipinski definition) is 1. The van der Waals surface area contributed by atoms with Crippen LogP contribution in [0.1, 0.15) is 41.5 Å². The predicted molar refractivity (Wildman–Crippen MR) is 68.8 cm³/mol. The molecule has 0 aliphatic carbocycles. The summed E-state index contributed by atoms with van der Waals surface area (Å²) in [5, 5.41) is 3.57. The Bertz CT molecular complexity index is 220. The Kier molecular flexibility index (Phi) is 4.38. The van der Waals surface area contributed by atoms with Crippen molar-refractivity contribution in [3.05, 3.63) is 0 Å². The molecule has 3 nitrogen and oxygen atoms in total. The van der Waals surface area contributed by atoms with Crippen molar-refractivity contribution in [2.45, 2.75) is 58.7 Å². The second kappa shape index (κ2) is 5.03. The summed E-state index contributed by atoms with van der Waals surface area (Å²) in [5.74, 6) is 0. The Balaban J connectivity index is 2.49. The first kappa shape index (κ1) is 13.9. The summed E-state index contributed by atoms with van der Waals surface area (Å²) in [7, 11) is 0. The van der Waals surface area contributed by atoms with E-state index in [1.54, 1.807) is 0 Å². The molecule has 1 N–H and O–H groups in total. The van der Waals surface area contributed by atoms with E-state index in [2.05, 4.69) is 51.8 Å². The minimum absolute atomic E-state index is 0.164. The van der Waals surface area contributed by atoms with Crippen LogP contribution < -0.4 is 5.32 Å². The number of nitrogens with zero attached hydrogens (tertiary/aromatic N) is 1. The third-order valence-corrected chi connectivity index (χ3v) is 3.17. The Morgan fingerprint density at radius 1 is 1.38 bits per heavy atom. The molecular weight excluding hydrogens is 200 g/mol. The fourth-order valence-corrected chi connectivity index (χ4v) is 2.25. The number of rotatable bonds is 3. The lowest BCUT2D eigenvalue weighted by Gasteiger charge is -2.46. The van der Waals surface area contributed by atoms with Gasteiger partial charge in [-0.25, -0.2) is 0 Å². The van der Waals surface area contributed by atoms with Crippen molar-refractivity contribution in [2.75, 3.05) is 26.3 Å². The van der Waals surface area contributed by atoms with E-state index in [1.165, 1.54) is 0 Å². The summed E-state index contributed by atoms with van der Waals surface area (Å²) in [6, 6.07) is 0.554. The van der Waals surface area contributed by atoms with Crippen molar-refractivity contribution in [2.24, 2.45) is 0 Å². The molecule has 0 amide bonds. The molecule has 1 unspecified atom stereocenters. The molecule has 1 atom stereocenters. The van der Waals surface area contributed by atoms with E-state index < -0.39 is 0 Å². The van der Waals surface area contributed by atoms with E-state index in [0.29, 0.717) is 6.04 Å². The van der Waals surface area contributed by atoms with Crippen molar-refractivity contribution in [3.63, 3.8) is 0 Å². The monoisotopic (exact) mass is 228 g/mol. The molecule has 0 aromatic heterocycles. The van der Waals surface area contributed by atoms with Crippen molar-refractivity contribution in [1.82, 2.24) is 10.2 Å². The maximum Gasteiger partial charge on any atom is 0.0645 e. The maximum atomic E-state index is 5.55. The molecule has 1 saturated heterocycles. The number of ether oxygens (including phenoxy) is 1. The average molecular weight is 228 g/mol. The fraction of sp³-hybridized carbons (Fsp3) is 1.00. The second-order valence-corrected chi connectivity index (χ2v) is 6.54. The van der Waals surface area contributed by atoms with E-state index in [-0.39, 0.29) is 11.1 Å². The maximum absolute atomic E-state index is 5.55. The molecule has 1 aliphatic rings. The Labute approximate surface area is 101 Å². The van der Waals surface area contributed by atoms with Crippen LogP contribution in [0.3, 0.4) is 0 Å².